The van der Waals surface area contributed by atoms with Crippen LogP contribution >= 0.6 is 23.2 Å². The molecular weight excluding hydrogens is 247 g/mol. The van der Waals surface area contributed by atoms with E-state index in [1.807, 2.05) is 0 Å². The Morgan fingerprint density at radius 1 is 0.688 bits per heavy atom. The van der Waals surface area contributed by atoms with E-state index in [0.717, 1.165) is 0 Å². The molecule has 0 N–H and O–H groups in total. The Kier molecular flexibility index (Phi) is 3.76. The Hall–Kier alpha value is -0.860. The first kappa shape index (κ1) is 13.2. The lowest BCUT2D eigenvalue weighted by Gasteiger charge is -2.16. The lowest BCUT2D eigenvalue weighted by Crippen LogP contribution is -2.09. The predicted octanol–water partition coefficient (Wildman–Crippen LogP) is 3.68. The van der Waals surface area contributed by atoms with Gasteiger partial charge in [0.15, 0.2) is 0 Å². The molecule has 0 saturated heterocycles. The molecule has 0 aromatic heterocycles. The summed E-state index contributed by atoms with van der Waals surface area (Å²) in [4.78, 5) is 22.6. The van der Waals surface area contributed by atoms with Gasteiger partial charge in [0, 0.05) is 11.1 Å². The van der Waals surface area contributed by atoms with Crippen molar-refractivity contribution in [3.8, 4) is 0 Å². The molecule has 0 aliphatic rings. The summed E-state index contributed by atoms with van der Waals surface area (Å²) in [5, 5.41) is -1.01. The van der Waals surface area contributed by atoms with E-state index in [0.29, 0.717) is 33.4 Å². The van der Waals surface area contributed by atoms with E-state index in [2.05, 4.69) is 0 Å². The molecule has 1 rings (SSSR count). The summed E-state index contributed by atoms with van der Waals surface area (Å²) in [5.74, 6) is 0. The Balaban J connectivity index is 3.77. The molecule has 0 saturated carbocycles. The average molecular weight is 259 g/mol. The molecule has 0 heterocycles. The van der Waals surface area contributed by atoms with Crippen LogP contribution in [0.1, 0.15) is 43.0 Å². The summed E-state index contributed by atoms with van der Waals surface area (Å²) in [6.07, 6.45) is 0. The second-order valence-corrected chi connectivity index (χ2v) is 4.48. The van der Waals surface area contributed by atoms with Crippen LogP contribution in [0.25, 0.3) is 0 Å². The van der Waals surface area contributed by atoms with Crippen molar-refractivity contribution in [2.24, 2.45) is 0 Å². The van der Waals surface area contributed by atoms with Crippen molar-refractivity contribution < 1.29 is 9.59 Å². The number of hydrogen-bond donors (Lipinski definition) is 0. The van der Waals surface area contributed by atoms with E-state index in [9.17, 15) is 9.59 Å². The van der Waals surface area contributed by atoms with Gasteiger partial charge in [-0.25, -0.2) is 0 Å². The molecule has 4 heteroatoms. The first-order chi connectivity index (χ1) is 7.29. The molecular formula is C12H12Cl2O2. The van der Waals surface area contributed by atoms with Gasteiger partial charge in [-0.05, 0) is 73.2 Å². The highest BCUT2D eigenvalue weighted by Crippen LogP contribution is 2.28. The third kappa shape index (κ3) is 2.00. The van der Waals surface area contributed by atoms with E-state index in [4.69, 9.17) is 23.2 Å². The van der Waals surface area contributed by atoms with Crippen LogP contribution in [0, 0.1) is 27.7 Å². The third-order valence-corrected chi connectivity index (χ3v) is 3.40. The number of benzene rings is 1. The quantitative estimate of drug-likeness (QED) is 0.759. The van der Waals surface area contributed by atoms with Crippen LogP contribution in [0.3, 0.4) is 0 Å². The molecule has 0 amide bonds. The molecule has 2 nitrogen and oxygen atoms in total. The molecule has 0 spiro atoms. The molecule has 0 aliphatic heterocycles. The van der Waals surface area contributed by atoms with Gasteiger partial charge in [0.2, 0.25) is 0 Å². The molecule has 86 valence electrons. The predicted molar refractivity (Wildman–Crippen MR) is 65.8 cm³/mol. The SMILES string of the molecule is Cc1c(C)c(C(=O)Cl)c(C)c(C)c1C(=O)Cl. The maximum absolute atomic E-state index is 11.3. The molecule has 0 bridgehead atoms. The fourth-order valence-corrected chi connectivity index (χ4v) is 2.47. The number of rotatable bonds is 2. The van der Waals surface area contributed by atoms with Crippen LogP contribution in [0.2, 0.25) is 0 Å². The van der Waals surface area contributed by atoms with Crippen LogP contribution in [-0.4, -0.2) is 10.5 Å². The Labute approximate surface area is 105 Å². The van der Waals surface area contributed by atoms with Crippen LogP contribution in [0.5, 0.6) is 0 Å². The van der Waals surface area contributed by atoms with Crippen molar-refractivity contribution in [3.63, 3.8) is 0 Å². The fraction of sp³-hybridized carbons (Fsp3) is 0.333. The lowest BCUT2D eigenvalue weighted by molar-refractivity contribution is 0.106. The van der Waals surface area contributed by atoms with Gasteiger partial charge in [-0.3, -0.25) is 9.59 Å². The minimum Gasteiger partial charge on any atom is -0.276 e. The molecule has 1 aromatic rings. The van der Waals surface area contributed by atoms with Gasteiger partial charge in [-0.15, -0.1) is 0 Å². The van der Waals surface area contributed by atoms with Crippen molar-refractivity contribution in [2.45, 2.75) is 27.7 Å². The zero-order valence-electron chi connectivity index (χ0n) is 9.57. The van der Waals surface area contributed by atoms with Gasteiger partial charge in [-0.1, -0.05) is 0 Å². The minimum absolute atomic E-state index is 0.471. The lowest BCUT2D eigenvalue weighted by atomic mass is 9.90. The Morgan fingerprint density at radius 2 is 0.875 bits per heavy atom. The molecule has 0 unspecified atom stereocenters. The van der Waals surface area contributed by atoms with E-state index < -0.39 is 10.5 Å². The maximum atomic E-state index is 11.3. The zero-order chi connectivity index (χ0) is 12.6. The normalized spacial score (nSPS) is 10.4. The summed E-state index contributed by atoms with van der Waals surface area (Å²) in [6, 6.07) is 0. The van der Waals surface area contributed by atoms with Crippen molar-refractivity contribution in [1.82, 2.24) is 0 Å². The monoisotopic (exact) mass is 258 g/mol. The number of carbonyl (C=O) groups is 2. The van der Waals surface area contributed by atoms with Gasteiger partial charge < -0.3 is 0 Å². The summed E-state index contributed by atoms with van der Waals surface area (Å²) in [5.41, 5.74) is 3.80. The van der Waals surface area contributed by atoms with Gasteiger partial charge in [-0.2, -0.15) is 0 Å². The van der Waals surface area contributed by atoms with E-state index in [-0.39, 0.29) is 0 Å². The molecule has 0 aliphatic carbocycles. The van der Waals surface area contributed by atoms with Crippen LogP contribution in [0.15, 0.2) is 0 Å². The summed E-state index contributed by atoms with van der Waals surface area (Å²) in [6.45, 7) is 7.06. The molecule has 16 heavy (non-hydrogen) atoms. The van der Waals surface area contributed by atoms with E-state index >= 15 is 0 Å². The average Bonchev–Trinajstić information content (AvgIpc) is 2.14. The second kappa shape index (κ2) is 4.56. The van der Waals surface area contributed by atoms with Crippen LogP contribution < -0.4 is 0 Å². The van der Waals surface area contributed by atoms with Gasteiger partial charge in [0.05, 0.1) is 0 Å². The molecule has 0 atom stereocenters. The summed E-state index contributed by atoms with van der Waals surface area (Å²) in [7, 11) is 0. The largest absolute Gasteiger partial charge is 0.276 e. The first-order valence-electron chi connectivity index (χ1n) is 4.79. The summed E-state index contributed by atoms with van der Waals surface area (Å²) < 4.78 is 0. The Bertz CT molecular complexity index is 416. The van der Waals surface area contributed by atoms with Crippen molar-refractivity contribution in [1.29, 1.82) is 0 Å². The van der Waals surface area contributed by atoms with Gasteiger partial charge in [0.1, 0.15) is 0 Å². The van der Waals surface area contributed by atoms with E-state index in [1.54, 1.807) is 27.7 Å². The molecule has 0 radical (unpaired) electrons. The van der Waals surface area contributed by atoms with Gasteiger partial charge >= 0.3 is 0 Å². The number of carbonyl (C=O) groups excluding carboxylic acids is 2. The Morgan fingerprint density at radius 3 is 1.00 bits per heavy atom. The standard InChI is InChI=1S/C12H12Cl2O2/c1-5-6(2)10(12(14)16)8(4)7(3)9(5)11(13)15/h1-4H3. The van der Waals surface area contributed by atoms with E-state index in [1.165, 1.54) is 0 Å². The van der Waals surface area contributed by atoms with Crippen LogP contribution in [0.4, 0.5) is 0 Å². The highest BCUT2D eigenvalue weighted by molar-refractivity contribution is 6.69. The minimum atomic E-state index is -0.505. The van der Waals surface area contributed by atoms with Crippen molar-refractivity contribution in [2.75, 3.05) is 0 Å². The van der Waals surface area contributed by atoms with Crippen molar-refractivity contribution in [3.05, 3.63) is 33.4 Å². The zero-order valence-corrected chi connectivity index (χ0v) is 11.1. The first-order valence-corrected chi connectivity index (χ1v) is 5.54. The number of halogens is 2. The van der Waals surface area contributed by atoms with Crippen molar-refractivity contribution >= 4 is 33.7 Å². The highest BCUT2D eigenvalue weighted by Gasteiger charge is 2.20. The smallest absolute Gasteiger partial charge is 0.252 e. The van der Waals surface area contributed by atoms with Gasteiger partial charge in [0.25, 0.3) is 10.5 Å². The fourth-order valence-electron chi connectivity index (χ4n) is 1.90. The van der Waals surface area contributed by atoms with Crippen LogP contribution in [-0.2, 0) is 0 Å². The molecule has 0 fully saturated rings. The highest BCUT2D eigenvalue weighted by atomic mass is 35.5. The third-order valence-electron chi connectivity index (χ3n) is 3.02. The number of hydrogen-bond acceptors (Lipinski definition) is 2. The molecule has 1 aromatic carbocycles. The maximum Gasteiger partial charge on any atom is 0.252 e. The second-order valence-electron chi connectivity index (χ2n) is 3.80. The topological polar surface area (TPSA) is 34.1 Å². The summed E-state index contributed by atoms with van der Waals surface area (Å²) >= 11 is 11.1.